The summed E-state index contributed by atoms with van der Waals surface area (Å²) in [5.41, 5.74) is 6.05. The molecule has 1 amide bonds. The van der Waals surface area contributed by atoms with E-state index in [0.29, 0.717) is 0 Å². The first kappa shape index (κ1) is 17.1. The van der Waals surface area contributed by atoms with Gasteiger partial charge in [-0.2, -0.15) is 4.72 Å². The number of nitrogens with two attached hydrogens (primary N) is 1. The van der Waals surface area contributed by atoms with Gasteiger partial charge >= 0.3 is 5.97 Å². The number of aryl methyl sites for hydroxylation is 1. The van der Waals surface area contributed by atoms with Crippen LogP contribution in [0.15, 0.2) is 29.2 Å². The lowest BCUT2D eigenvalue weighted by Gasteiger charge is -2.15. The van der Waals surface area contributed by atoms with Crippen molar-refractivity contribution in [2.24, 2.45) is 5.73 Å². The zero-order valence-electron chi connectivity index (χ0n) is 11.6. The van der Waals surface area contributed by atoms with Gasteiger partial charge in [-0.05, 0) is 31.9 Å². The highest BCUT2D eigenvalue weighted by Crippen LogP contribution is 2.12. The lowest BCUT2D eigenvalue weighted by Crippen LogP contribution is -2.44. The molecule has 0 saturated carbocycles. The summed E-state index contributed by atoms with van der Waals surface area (Å²) in [5, 5.41) is 8.55. The van der Waals surface area contributed by atoms with Crippen LogP contribution in [0.4, 0.5) is 0 Å². The van der Waals surface area contributed by atoms with Crippen molar-refractivity contribution in [2.75, 3.05) is 0 Å². The van der Waals surface area contributed by atoms with E-state index in [-0.39, 0.29) is 24.2 Å². The number of nitrogens with one attached hydrogen (secondary N) is 1. The van der Waals surface area contributed by atoms with E-state index in [9.17, 15) is 18.0 Å². The van der Waals surface area contributed by atoms with E-state index >= 15 is 0 Å². The maximum atomic E-state index is 12.1. The number of carboxylic acid groups (broad SMARTS) is 1. The number of benzene rings is 1. The van der Waals surface area contributed by atoms with E-state index < -0.39 is 27.9 Å². The van der Waals surface area contributed by atoms with Crippen molar-refractivity contribution < 1.29 is 23.1 Å². The predicted molar refractivity (Wildman–Crippen MR) is 76.0 cm³/mol. The lowest BCUT2D eigenvalue weighted by atomic mass is 10.1. The lowest BCUT2D eigenvalue weighted by molar-refractivity contribution is -0.137. The van der Waals surface area contributed by atoms with Crippen LogP contribution in [0.3, 0.4) is 0 Å². The zero-order valence-corrected chi connectivity index (χ0v) is 12.4. The third kappa shape index (κ3) is 5.52. The highest BCUT2D eigenvalue weighted by molar-refractivity contribution is 7.89. The third-order valence-corrected chi connectivity index (χ3v) is 4.34. The number of hydrogen-bond acceptors (Lipinski definition) is 4. The molecule has 1 rings (SSSR count). The number of aliphatic carboxylic acids is 1. The molecule has 0 spiro atoms. The number of hydrogen-bond donors (Lipinski definition) is 3. The minimum Gasteiger partial charge on any atom is -0.481 e. The Morgan fingerprint density at radius 3 is 2.33 bits per heavy atom. The number of primary amides is 1. The fourth-order valence-electron chi connectivity index (χ4n) is 1.69. The quantitative estimate of drug-likeness (QED) is 0.639. The minimum absolute atomic E-state index is 0.0255. The minimum atomic E-state index is -3.87. The Morgan fingerprint density at radius 1 is 1.29 bits per heavy atom. The Kier molecular flexibility index (Phi) is 5.86. The van der Waals surface area contributed by atoms with E-state index in [1.165, 1.54) is 12.1 Å². The third-order valence-electron chi connectivity index (χ3n) is 2.86. The van der Waals surface area contributed by atoms with Crippen molar-refractivity contribution in [3.05, 3.63) is 29.8 Å². The summed E-state index contributed by atoms with van der Waals surface area (Å²) in [6.45, 7) is 1.82. The van der Waals surface area contributed by atoms with Gasteiger partial charge < -0.3 is 10.8 Å². The first-order valence-corrected chi connectivity index (χ1v) is 7.81. The molecule has 8 heteroatoms. The largest absolute Gasteiger partial charge is 0.481 e. The average Bonchev–Trinajstić information content (AvgIpc) is 2.37. The molecule has 21 heavy (non-hydrogen) atoms. The Balaban J connectivity index is 2.79. The molecule has 0 unspecified atom stereocenters. The molecule has 0 radical (unpaired) electrons. The molecule has 1 aromatic carbocycles. The van der Waals surface area contributed by atoms with Crippen LogP contribution in [0.25, 0.3) is 0 Å². The smallest absolute Gasteiger partial charge is 0.303 e. The first-order valence-electron chi connectivity index (χ1n) is 6.32. The van der Waals surface area contributed by atoms with Gasteiger partial charge in [0.25, 0.3) is 0 Å². The molecule has 116 valence electrons. The fraction of sp³-hybridized carbons (Fsp3) is 0.385. The van der Waals surface area contributed by atoms with Crippen molar-refractivity contribution in [2.45, 2.75) is 37.1 Å². The number of rotatable bonds is 8. The van der Waals surface area contributed by atoms with Crippen LogP contribution in [0.2, 0.25) is 0 Å². The molecular weight excluding hydrogens is 296 g/mol. The van der Waals surface area contributed by atoms with Crippen LogP contribution in [-0.4, -0.2) is 31.4 Å². The van der Waals surface area contributed by atoms with Crippen molar-refractivity contribution in [1.82, 2.24) is 4.72 Å². The van der Waals surface area contributed by atoms with Gasteiger partial charge in [0.05, 0.1) is 4.90 Å². The van der Waals surface area contributed by atoms with Gasteiger partial charge in [-0.25, -0.2) is 8.42 Å². The van der Waals surface area contributed by atoms with Crippen LogP contribution in [0, 0.1) is 6.92 Å². The summed E-state index contributed by atoms with van der Waals surface area (Å²) in [6.07, 6.45) is 0.0299. The Morgan fingerprint density at radius 2 is 1.86 bits per heavy atom. The van der Waals surface area contributed by atoms with Crippen LogP contribution >= 0.6 is 0 Å². The Hall–Kier alpha value is -1.93. The second-order valence-electron chi connectivity index (χ2n) is 4.68. The molecule has 0 aliphatic heterocycles. The Bertz CT molecular complexity index is 610. The van der Waals surface area contributed by atoms with Gasteiger partial charge in [0, 0.05) is 6.42 Å². The molecule has 0 aliphatic carbocycles. The second kappa shape index (κ2) is 7.19. The summed E-state index contributed by atoms with van der Waals surface area (Å²) in [6, 6.07) is 4.99. The van der Waals surface area contributed by atoms with E-state index in [1.54, 1.807) is 12.1 Å². The average molecular weight is 314 g/mol. The van der Waals surface area contributed by atoms with E-state index in [4.69, 9.17) is 10.8 Å². The van der Waals surface area contributed by atoms with Gasteiger partial charge in [-0.3, -0.25) is 9.59 Å². The zero-order chi connectivity index (χ0) is 16.0. The van der Waals surface area contributed by atoms with Crippen molar-refractivity contribution >= 4 is 21.9 Å². The van der Waals surface area contributed by atoms with Gasteiger partial charge in [-0.1, -0.05) is 17.7 Å². The summed E-state index contributed by atoms with van der Waals surface area (Å²) in [5.74, 6) is -1.85. The molecule has 1 atom stereocenters. The molecule has 4 N–H and O–H groups in total. The van der Waals surface area contributed by atoms with E-state index in [2.05, 4.69) is 4.72 Å². The van der Waals surface area contributed by atoms with Crippen LogP contribution in [0.5, 0.6) is 0 Å². The Labute approximate surface area is 123 Å². The topological polar surface area (TPSA) is 127 Å². The molecule has 7 nitrogen and oxygen atoms in total. The van der Waals surface area contributed by atoms with Crippen molar-refractivity contribution in [3.63, 3.8) is 0 Å². The van der Waals surface area contributed by atoms with Crippen molar-refractivity contribution in [3.8, 4) is 0 Å². The van der Waals surface area contributed by atoms with E-state index in [1.807, 2.05) is 6.92 Å². The van der Waals surface area contributed by atoms with Crippen LogP contribution < -0.4 is 10.5 Å². The normalized spacial score (nSPS) is 12.8. The highest BCUT2D eigenvalue weighted by Gasteiger charge is 2.23. The molecule has 1 aromatic rings. The molecule has 0 aliphatic rings. The molecule has 0 aromatic heterocycles. The maximum Gasteiger partial charge on any atom is 0.303 e. The molecule has 0 heterocycles. The number of sulfonamides is 1. The van der Waals surface area contributed by atoms with Crippen LogP contribution in [-0.2, 0) is 19.6 Å². The number of carboxylic acids is 1. The summed E-state index contributed by atoms with van der Waals surface area (Å²) in [4.78, 5) is 21.7. The van der Waals surface area contributed by atoms with Crippen LogP contribution in [0.1, 0.15) is 24.8 Å². The molecule has 0 saturated heterocycles. The van der Waals surface area contributed by atoms with Gasteiger partial charge in [-0.15, -0.1) is 0 Å². The monoisotopic (exact) mass is 314 g/mol. The van der Waals surface area contributed by atoms with E-state index in [0.717, 1.165) is 5.56 Å². The summed E-state index contributed by atoms with van der Waals surface area (Å²) >= 11 is 0. The second-order valence-corrected chi connectivity index (χ2v) is 6.39. The summed E-state index contributed by atoms with van der Waals surface area (Å²) in [7, 11) is -3.87. The summed E-state index contributed by atoms with van der Waals surface area (Å²) < 4.78 is 26.4. The first-order chi connectivity index (χ1) is 9.72. The highest BCUT2D eigenvalue weighted by atomic mass is 32.2. The standard InChI is InChI=1S/C13H18N2O5S/c1-9-5-7-10(8-6-9)21(19,20)15-11(13(14)18)3-2-4-12(16)17/h5-8,11,15H,2-4H2,1H3,(H2,14,18)(H,16,17)/t11-/m0/s1. The van der Waals surface area contributed by atoms with Gasteiger partial charge in [0.15, 0.2) is 0 Å². The molecule has 0 fully saturated rings. The predicted octanol–water partition coefficient (Wildman–Crippen LogP) is 0.382. The maximum absolute atomic E-state index is 12.1. The molecular formula is C13H18N2O5S. The SMILES string of the molecule is Cc1ccc(S(=O)(=O)N[C@@H](CCCC(=O)O)C(N)=O)cc1. The number of carbonyl (C=O) groups excluding carboxylic acids is 1. The molecule has 0 bridgehead atoms. The number of carbonyl (C=O) groups is 2. The number of amides is 1. The van der Waals surface area contributed by atoms with Crippen molar-refractivity contribution in [1.29, 1.82) is 0 Å². The fourth-order valence-corrected chi connectivity index (χ4v) is 2.93. The van der Waals surface area contributed by atoms with Gasteiger partial charge in [0.2, 0.25) is 15.9 Å². The van der Waals surface area contributed by atoms with Gasteiger partial charge in [0.1, 0.15) is 6.04 Å².